The molecule has 0 bridgehead atoms. The fourth-order valence-corrected chi connectivity index (χ4v) is 2.17. The second-order valence-electron chi connectivity index (χ2n) is 5.33. The van der Waals surface area contributed by atoms with Gasteiger partial charge in [-0.05, 0) is 18.6 Å². The maximum absolute atomic E-state index is 13.8. The molecule has 0 radical (unpaired) electrons. The normalized spacial score (nSPS) is 10.7. The zero-order chi connectivity index (χ0) is 17.5. The number of aryl methyl sites for hydroxylation is 1. The highest BCUT2D eigenvalue weighted by atomic mass is 19.1. The van der Waals surface area contributed by atoms with E-state index in [4.69, 9.17) is 9.47 Å². The van der Waals surface area contributed by atoms with Gasteiger partial charge in [-0.1, -0.05) is 19.8 Å². The molecule has 0 spiro atoms. The first-order valence-corrected chi connectivity index (χ1v) is 7.79. The third-order valence-electron chi connectivity index (χ3n) is 3.41. The van der Waals surface area contributed by atoms with Gasteiger partial charge in [0.1, 0.15) is 11.6 Å². The van der Waals surface area contributed by atoms with Crippen LogP contribution in [-0.2, 0) is 16.6 Å². The van der Waals surface area contributed by atoms with Crippen molar-refractivity contribution >= 4 is 5.97 Å². The lowest BCUT2D eigenvalue weighted by Crippen LogP contribution is -2.15. The average Bonchev–Trinajstić information content (AvgIpc) is 2.90. The van der Waals surface area contributed by atoms with E-state index >= 15 is 0 Å². The van der Waals surface area contributed by atoms with Crippen LogP contribution in [0.2, 0.25) is 0 Å². The SMILES string of the molecule is CCCCCOC(=O)COc1cc(-c2ccc(F)cc2F)n(C)n1. The molecule has 1 heterocycles. The van der Waals surface area contributed by atoms with Crippen molar-refractivity contribution in [2.24, 2.45) is 7.05 Å². The Hall–Kier alpha value is -2.44. The fourth-order valence-electron chi connectivity index (χ4n) is 2.17. The van der Waals surface area contributed by atoms with E-state index < -0.39 is 17.6 Å². The monoisotopic (exact) mass is 338 g/mol. The fraction of sp³-hybridized carbons (Fsp3) is 0.412. The number of rotatable bonds is 8. The van der Waals surface area contributed by atoms with Crippen molar-refractivity contribution in [3.05, 3.63) is 35.9 Å². The predicted molar refractivity (Wildman–Crippen MR) is 84.5 cm³/mol. The summed E-state index contributed by atoms with van der Waals surface area (Å²) in [5.41, 5.74) is 0.613. The summed E-state index contributed by atoms with van der Waals surface area (Å²) < 4.78 is 38.5. The Morgan fingerprint density at radius 2 is 2.04 bits per heavy atom. The van der Waals surface area contributed by atoms with Gasteiger partial charge in [-0.25, -0.2) is 13.6 Å². The summed E-state index contributed by atoms with van der Waals surface area (Å²) in [5.74, 6) is -1.66. The minimum absolute atomic E-state index is 0.168. The first-order valence-electron chi connectivity index (χ1n) is 7.79. The lowest BCUT2D eigenvalue weighted by Gasteiger charge is -2.04. The molecule has 5 nitrogen and oxygen atoms in total. The van der Waals surface area contributed by atoms with Gasteiger partial charge in [0.2, 0.25) is 5.88 Å². The molecule has 0 saturated heterocycles. The highest BCUT2D eigenvalue weighted by molar-refractivity contribution is 5.71. The van der Waals surface area contributed by atoms with Gasteiger partial charge in [0, 0.05) is 24.7 Å². The average molecular weight is 338 g/mol. The van der Waals surface area contributed by atoms with Crippen LogP contribution in [0.25, 0.3) is 11.3 Å². The van der Waals surface area contributed by atoms with Crippen molar-refractivity contribution in [3.63, 3.8) is 0 Å². The van der Waals surface area contributed by atoms with Crippen LogP contribution in [0.15, 0.2) is 24.3 Å². The molecule has 7 heteroatoms. The van der Waals surface area contributed by atoms with E-state index in [1.54, 1.807) is 7.05 Å². The standard InChI is InChI=1S/C17H20F2N2O3/c1-3-4-5-8-23-17(22)11-24-16-10-15(21(2)20-16)13-7-6-12(18)9-14(13)19/h6-7,9-10H,3-5,8,11H2,1-2H3. The molecule has 2 aromatic rings. The smallest absolute Gasteiger partial charge is 0.344 e. The van der Waals surface area contributed by atoms with Gasteiger partial charge in [-0.2, -0.15) is 0 Å². The van der Waals surface area contributed by atoms with Crippen molar-refractivity contribution in [1.29, 1.82) is 0 Å². The maximum atomic E-state index is 13.8. The van der Waals surface area contributed by atoms with E-state index in [1.165, 1.54) is 22.9 Å². The van der Waals surface area contributed by atoms with E-state index in [0.717, 1.165) is 25.3 Å². The molecular weight excluding hydrogens is 318 g/mol. The maximum Gasteiger partial charge on any atom is 0.344 e. The Balaban J connectivity index is 1.95. The number of hydrogen-bond donors (Lipinski definition) is 0. The summed E-state index contributed by atoms with van der Waals surface area (Å²) in [6.45, 7) is 2.16. The van der Waals surface area contributed by atoms with Gasteiger partial charge < -0.3 is 9.47 Å². The first kappa shape index (κ1) is 17.9. The summed E-state index contributed by atoms with van der Waals surface area (Å²) in [5, 5.41) is 4.06. The summed E-state index contributed by atoms with van der Waals surface area (Å²) >= 11 is 0. The number of nitrogens with zero attached hydrogens (tertiary/aromatic N) is 2. The topological polar surface area (TPSA) is 53.4 Å². The quantitative estimate of drug-likeness (QED) is 0.546. The molecule has 0 amide bonds. The molecule has 0 atom stereocenters. The molecule has 24 heavy (non-hydrogen) atoms. The van der Waals surface area contributed by atoms with E-state index in [2.05, 4.69) is 12.0 Å². The largest absolute Gasteiger partial charge is 0.465 e. The molecule has 1 aromatic carbocycles. The second kappa shape index (κ2) is 8.42. The van der Waals surface area contributed by atoms with Crippen LogP contribution in [-0.4, -0.2) is 29.0 Å². The highest BCUT2D eigenvalue weighted by Crippen LogP contribution is 2.26. The van der Waals surface area contributed by atoms with Crippen LogP contribution >= 0.6 is 0 Å². The van der Waals surface area contributed by atoms with Gasteiger partial charge in [-0.15, -0.1) is 5.10 Å². The molecule has 0 aliphatic rings. The van der Waals surface area contributed by atoms with E-state index in [-0.39, 0.29) is 18.1 Å². The van der Waals surface area contributed by atoms with Gasteiger partial charge in [0.25, 0.3) is 0 Å². The Bertz CT molecular complexity index is 701. The lowest BCUT2D eigenvalue weighted by molar-refractivity contribution is -0.146. The van der Waals surface area contributed by atoms with Crippen LogP contribution in [0, 0.1) is 11.6 Å². The molecule has 0 aliphatic carbocycles. The molecule has 0 saturated carbocycles. The van der Waals surface area contributed by atoms with Gasteiger partial charge >= 0.3 is 5.97 Å². The van der Waals surface area contributed by atoms with Gasteiger partial charge in [0.15, 0.2) is 6.61 Å². The zero-order valence-corrected chi connectivity index (χ0v) is 13.7. The summed E-state index contributed by atoms with van der Waals surface area (Å²) in [4.78, 5) is 11.5. The van der Waals surface area contributed by atoms with Crippen LogP contribution < -0.4 is 4.74 Å². The number of esters is 1. The van der Waals surface area contributed by atoms with E-state index in [1.807, 2.05) is 0 Å². The Morgan fingerprint density at radius 1 is 1.25 bits per heavy atom. The van der Waals surface area contributed by atoms with E-state index in [9.17, 15) is 13.6 Å². The van der Waals surface area contributed by atoms with E-state index in [0.29, 0.717) is 12.3 Å². The molecular formula is C17H20F2N2O3. The molecule has 0 fully saturated rings. The number of carbonyl (C=O) groups is 1. The van der Waals surface area contributed by atoms with Crippen LogP contribution in [0.4, 0.5) is 8.78 Å². The predicted octanol–water partition coefficient (Wildman–Crippen LogP) is 3.48. The molecule has 0 unspecified atom stereocenters. The van der Waals surface area contributed by atoms with Crippen molar-refractivity contribution in [1.82, 2.24) is 9.78 Å². The van der Waals surface area contributed by atoms with Crippen molar-refractivity contribution < 1.29 is 23.0 Å². The van der Waals surface area contributed by atoms with Crippen LogP contribution in [0.3, 0.4) is 0 Å². The second-order valence-corrected chi connectivity index (χ2v) is 5.33. The summed E-state index contributed by atoms with van der Waals surface area (Å²) in [7, 11) is 1.61. The Labute approximate surface area is 139 Å². The lowest BCUT2D eigenvalue weighted by atomic mass is 10.1. The Kier molecular flexibility index (Phi) is 6.28. The number of ether oxygens (including phenoxy) is 2. The van der Waals surface area contributed by atoms with Crippen molar-refractivity contribution in [2.75, 3.05) is 13.2 Å². The molecule has 1 aromatic heterocycles. The third-order valence-corrected chi connectivity index (χ3v) is 3.41. The molecule has 130 valence electrons. The first-order chi connectivity index (χ1) is 11.5. The van der Waals surface area contributed by atoms with Crippen LogP contribution in [0.5, 0.6) is 5.88 Å². The Morgan fingerprint density at radius 3 is 2.75 bits per heavy atom. The molecule has 2 rings (SSSR count). The minimum atomic E-state index is -0.695. The number of benzene rings is 1. The highest BCUT2D eigenvalue weighted by Gasteiger charge is 2.14. The van der Waals surface area contributed by atoms with Crippen LogP contribution in [0.1, 0.15) is 26.2 Å². The number of unbranched alkanes of at least 4 members (excludes halogenated alkanes) is 2. The summed E-state index contributed by atoms with van der Waals surface area (Å²) in [6, 6.07) is 4.78. The third kappa shape index (κ3) is 4.78. The van der Waals surface area contributed by atoms with Crippen molar-refractivity contribution in [3.8, 4) is 17.1 Å². The molecule has 0 aliphatic heterocycles. The number of halogens is 2. The molecule has 0 N–H and O–H groups in total. The summed E-state index contributed by atoms with van der Waals surface area (Å²) in [6.07, 6.45) is 2.87. The van der Waals surface area contributed by atoms with Gasteiger partial charge in [0.05, 0.1) is 12.3 Å². The number of carbonyl (C=O) groups excluding carboxylic acids is 1. The van der Waals surface area contributed by atoms with Gasteiger partial charge in [-0.3, -0.25) is 4.68 Å². The number of hydrogen-bond acceptors (Lipinski definition) is 4. The number of aromatic nitrogens is 2. The van der Waals surface area contributed by atoms with Crippen molar-refractivity contribution in [2.45, 2.75) is 26.2 Å². The minimum Gasteiger partial charge on any atom is -0.465 e. The zero-order valence-electron chi connectivity index (χ0n) is 13.7.